The third kappa shape index (κ3) is 4.86. The summed E-state index contributed by atoms with van der Waals surface area (Å²) in [7, 11) is 0. The van der Waals surface area contributed by atoms with Crippen LogP contribution in [0.15, 0.2) is 48.5 Å². The van der Waals surface area contributed by atoms with E-state index in [9.17, 15) is 13.6 Å². The van der Waals surface area contributed by atoms with Crippen LogP contribution in [-0.4, -0.2) is 18.1 Å². The Labute approximate surface area is 146 Å². The smallest absolute Gasteiger partial charge is 0.323 e. The molecule has 5 heteroatoms. The summed E-state index contributed by atoms with van der Waals surface area (Å²) in [4.78, 5) is 12.2. The molecule has 0 fully saturated rings. The number of benzene rings is 2. The predicted molar refractivity (Wildman–Crippen MR) is 93.0 cm³/mol. The number of carbonyl (C=O) groups is 1. The average molecular weight is 347 g/mol. The molecule has 2 N–H and O–H groups in total. The van der Waals surface area contributed by atoms with Crippen LogP contribution in [0.1, 0.15) is 37.8 Å². The highest BCUT2D eigenvalue weighted by molar-refractivity contribution is 5.76. The second kappa shape index (κ2) is 8.21. The van der Waals surface area contributed by atoms with Gasteiger partial charge in [-0.3, -0.25) is 4.79 Å². The maximum atomic E-state index is 13.3. The number of esters is 1. The van der Waals surface area contributed by atoms with Crippen molar-refractivity contribution in [3.63, 3.8) is 0 Å². The lowest BCUT2D eigenvalue weighted by molar-refractivity contribution is -0.151. The number of hydrogen-bond acceptors (Lipinski definition) is 3. The van der Waals surface area contributed by atoms with Crippen LogP contribution in [0.2, 0.25) is 0 Å². The molecule has 0 amide bonds. The van der Waals surface area contributed by atoms with Crippen molar-refractivity contribution in [3.8, 4) is 0 Å². The van der Waals surface area contributed by atoms with E-state index >= 15 is 0 Å². The van der Waals surface area contributed by atoms with Gasteiger partial charge in [-0.25, -0.2) is 8.78 Å². The van der Waals surface area contributed by atoms with Gasteiger partial charge in [0, 0.05) is 5.92 Å². The maximum absolute atomic E-state index is 13.3. The van der Waals surface area contributed by atoms with E-state index in [1.807, 2.05) is 13.8 Å². The second-order valence-electron chi connectivity index (χ2n) is 6.49. The van der Waals surface area contributed by atoms with Crippen LogP contribution in [-0.2, 0) is 9.53 Å². The number of nitrogens with two attached hydrogens (primary N) is 1. The summed E-state index contributed by atoms with van der Waals surface area (Å²) in [5.74, 6) is -1.60. The van der Waals surface area contributed by atoms with E-state index in [-0.39, 0.29) is 23.5 Å². The lowest BCUT2D eigenvalue weighted by Gasteiger charge is -2.27. The summed E-state index contributed by atoms with van der Waals surface area (Å²) in [6.07, 6.45) is -0.548. The van der Waals surface area contributed by atoms with Gasteiger partial charge in [0.05, 0.1) is 0 Å². The van der Waals surface area contributed by atoms with Crippen LogP contribution in [0.4, 0.5) is 8.78 Å². The zero-order chi connectivity index (χ0) is 18.6. The largest absolute Gasteiger partial charge is 0.460 e. The maximum Gasteiger partial charge on any atom is 0.323 e. The molecule has 134 valence electrons. The summed E-state index contributed by atoms with van der Waals surface area (Å²) in [5, 5.41) is 0. The van der Waals surface area contributed by atoms with E-state index in [1.165, 1.54) is 24.3 Å². The molecule has 2 aromatic rings. The Morgan fingerprint density at radius 2 is 1.28 bits per heavy atom. The molecular formula is C20H23F2NO2. The molecular weight excluding hydrogens is 324 g/mol. The Bertz CT molecular complexity index is 653. The first kappa shape index (κ1) is 19.1. The Morgan fingerprint density at radius 1 is 0.880 bits per heavy atom. The highest BCUT2D eigenvalue weighted by atomic mass is 19.1. The first-order chi connectivity index (χ1) is 11.8. The first-order valence-corrected chi connectivity index (χ1v) is 8.26. The average Bonchev–Trinajstić information content (AvgIpc) is 2.57. The van der Waals surface area contributed by atoms with Crippen LogP contribution >= 0.6 is 0 Å². The topological polar surface area (TPSA) is 52.3 Å². The minimum absolute atomic E-state index is 0.0465. The van der Waals surface area contributed by atoms with Gasteiger partial charge >= 0.3 is 5.97 Å². The van der Waals surface area contributed by atoms with Crippen LogP contribution in [0, 0.1) is 17.6 Å². The van der Waals surface area contributed by atoms with Gasteiger partial charge in [0.15, 0.2) is 0 Å². The molecule has 2 aromatic carbocycles. The Balaban J connectivity index is 2.32. The van der Waals surface area contributed by atoms with Crippen molar-refractivity contribution in [3.05, 3.63) is 71.3 Å². The quantitative estimate of drug-likeness (QED) is 0.803. The summed E-state index contributed by atoms with van der Waals surface area (Å²) in [6.45, 7) is 5.43. The molecule has 25 heavy (non-hydrogen) atoms. The molecule has 0 aliphatic rings. The van der Waals surface area contributed by atoms with Crippen molar-refractivity contribution in [2.75, 3.05) is 0 Å². The van der Waals surface area contributed by atoms with Crippen molar-refractivity contribution >= 4 is 5.97 Å². The molecule has 2 atom stereocenters. The van der Waals surface area contributed by atoms with Crippen molar-refractivity contribution in [1.82, 2.24) is 0 Å². The van der Waals surface area contributed by atoms with E-state index in [0.29, 0.717) is 0 Å². The molecule has 0 spiro atoms. The number of rotatable bonds is 6. The fraction of sp³-hybridized carbons (Fsp3) is 0.350. The van der Waals surface area contributed by atoms with Crippen molar-refractivity contribution in [1.29, 1.82) is 0 Å². The molecule has 0 aliphatic carbocycles. The van der Waals surface area contributed by atoms with Gasteiger partial charge in [0.1, 0.15) is 23.8 Å². The minimum Gasteiger partial charge on any atom is -0.460 e. The third-order valence-corrected chi connectivity index (χ3v) is 4.22. The van der Waals surface area contributed by atoms with E-state index in [4.69, 9.17) is 10.5 Å². The Hall–Kier alpha value is -2.27. The Morgan fingerprint density at radius 3 is 1.64 bits per heavy atom. The number of ether oxygens (including phenoxy) is 1. The van der Waals surface area contributed by atoms with Crippen molar-refractivity contribution in [2.45, 2.75) is 38.8 Å². The molecule has 2 rings (SSSR count). The summed E-state index contributed by atoms with van der Waals surface area (Å²) >= 11 is 0. The third-order valence-electron chi connectivity index (χ3n) is 4.22. The van der Waals surface area contributed by atoms with Gasteiger partial charge in [0.25, 0.3) is 0 Å². The lowest BCUT2D eigenvalue weighted by atomic mass is 9.87. The van der Waals surface area contributed by atoms with Crippen molar-refractivity contribution < 1.29 is 18.3 Å². The SMILES string of the molecule is CC(C)[C@H](N)C(=O)O[C@@H](C)C(c1ccc(F)cc1)c1ccc(F)cc1. The predicted octanol–water partition coefficient (Wildman–Crippen LogP) is 4.01. The highest BCUT2D eigenvalue weighted by Gasteiger charge is 2.28. The monoisotopic (exact) mass is 347 g/mol. The van der Waals surface area contributed by atoms with E-state index in [0.717, 1.165) is 11.1 Å². The van der Waals surface area contributed by atoms with Gasteiger partial charge < -0.3 is 10.5 Å². The number of halogens is 2. The molecule has 0 bridgehead atoms. The molecule has 0 aromatic heterocycles. The lowest BCUT2D eigenvalue weighted by Crippen LogP contribution is -2.39. The number of carbonyl (C=O) groups excluding carboxylic acids is 1. The molecule has 0 saturated carbocycles. The molecule has 0 saturated heterocycles. The summed E-state index contributed by atoms with van der Waals surface area (Å²) < 4.78 is 32.1. The zero-order valence-electron chi connectivity index (χ0n) is 14.6. The first-order valence-electron chi connectivity index (χ1n) is 8.26. The highest BCUT2D eigenvalue weighted by Crippen LogP contribution is 2.30. The van der Waals surface area contributed by atoms with Crippen molar-refractivity contribution in [2.24, 2.45) is 11.7 Å². The summed E-state index contributed by atoms with van der Waals surface area (Å²) in [6, 6.07) is 11.2. The van der Waals surface area contributed by atoms with Gasteiger partial charge in [0.2, 0.25) is 0 Å². The van der Waals surface area contributed by atoms with E-state index in [2.05, 4.69) is 0 Å². The zero-order valence-corrected chi connectivity index (χ0v) is 14.6. The second-order valence-corrected chi connectivity index (χ2v) is 6.49. The molecule has 0 heterocycles. The van der Waals surface area contributed by atoms with Crippen LogP contribution < -0.4 is 5.73 Å². The fourth-order valence-corrected chi connectivity index (χ4v) is 2.68. The van der Waals surface area contributed by atoms with Crippen LogP contribution in [0.25, 0.3) is 0 Å². The minimum atomic E-state index is -0.718. The van der Waals surface area contributed by atoms with Gasteiger partial charge in [-0.15, -0.1) is 0 Å². The summed E-state index contributed by atoms with van der Waals surface area (Å²) in [5.41, 5.74) is 7.39. The number of hydrogen-bond donors (Lipinski definition) is 1. The normalized spacial score (nSPS) is 13.8. The molecule has 3 nitrogen and oxygen atoms in total. The standard InChI is InChI=1S/C20H23F2NO2/c1-12(2)19(23)20(24)25-13(3)18(14-4-8-16(21)9-5-14)15-6-10-17(22)11-7-15/h4-13,18-19H,23H2,1-3H3/t13-,19-/m0/s1. The van der Waals surface area contributed by atoms with Gasteiger partial charge in [-0.2, -0.15) is 0 Å². The van der Waals surface area contributed by atoms with Gasteiger partial charge in [-0.05, 0) is 48.2 Å². The molecule has 0 unspecified atom stereocenters. The van der Waals surface area contributed by atoms with E-state index < -0.39 is 18.1 Å². The van der Waals surface area contributed by atoms with E-state index in [1.54, 1.807) is 31.2 Å². The Kier molecular flexibility index (Phi) is 6.26. The van der Waals surface area contributed by atoms with Crippen LogP contribution in [0.5, 0.6) is 0 Å². The molecule has 0 radical (unpaired) electrons. The van der Waals surface area contributed by atoms with Gasteiger partial charge in [-0.1, -0.05) is 38.1 Å². The van der Waals surface area contributed by atoms with Crippen LogP contribution in [0.3, 0.4) is 0 Å². The fourth-order valence-electron chi connectivity index (χ4n) is 2.68. The molecule has 0 aliphatic heterocycles.